The standard InChI is InChI=1S/C28H36OP2/c1-19-12-11-13-20(18-30-22-14-9-8-10-15-22)26(19)31-24-17-21(27(2,3)4)16-23(25(24)29)28(5,6)7/h8-17,29-31H,18H2,1-7H3. The number of phenols is 1. The lowest BCUT2D eigenvalue weighted by molar-refractivity contribution is 0.449. The van der Waals surface area contributed by atoms with Crippen molar-refractivity contribution < 1.29 is 5.11 Å². The molecule has 2 unspecified atom stereocenters. The lowest BCUT2D eigenvalue weighted by Crippen LogP contribution is -2.21. The molecule has 0 fully saturated rings. The molecule has 0 aliphatic heterocycles. The Kier molecular flexibility index (Phi) is 7.30. The minimum atomic E-state index is -0.103. The van der Waals surface area contributed by atoms with Crippen LogP contribution in [0.5, 0.6) is 5.75 Å². The summed E-state index contributed by atoms with van der Waals surface area (Å²) >= 11 is 0. The van der Waals surface area contributed by atoms with Crippen LogP contribution >= 0.6 is 17.2 Å². The van der Waals surface area contributed by atoms with Gasteiger partial charge in [0.05, 0.1) is 0 Å². The highest BCUT2D eigenvalue weighted by Crippen LogP contribution is 2.37. The van der Waals surface area contributed by atoms with Crippen molar-refractivity contribution in [1.29, 1.82) is 0 Å². The molecule has 1 nitrogen and oxygen atoms in total. The van der Waals surface area contributed by atoms with Crippen LogP contribution in [0, 0.1) is 6.92 Å². The molecule has 0 heterocycles. The fourth-order valence-corrected chi connectivity index (χ4v) is 6.33. The van der Waals surface area contributed by atoms with E-state index in [4.69, 9.17) is 0 Å². The molecular weight excluding hydrogens is 414 g/mol. The van der Waals surface area contributed by atoms with E-state index in [2.05, 4.69) is 109 Å². The van der Waals surface area contributed by atoms with Gasteiger partial charge in [0.25, 0.3) is 0 Å². The minimum absolute atomic E-state index is 0.0379. The maximum atomic E-state index is 11.3. The maximum absolute atomic E-state index is 11.3. The fraction of sp³-hybridized carbons (Fsp3) is 0.357. The zero-order chi connectivity index (χ0) is 22.8. The molecule has 0 aliphatic carbocycles. The number of phenolic OH excluding ortho intramolecular Hbond substituents is 1. The van der Waals surface area contributed by atoms with E-state index in [1.54, 1.807) is 0 Å². The predicted octanol–water partition coefficient (Wildman–Crippen LogP) is 6.43. The number of benzene rings is 3. The Morgan fingerprint density at radius 2 is 1.48 bits per heavy atom. The van der Waals surface area contributed by atoms with Gasteiger partial charge >= 0.3 is 0 Å². The van der Waals surface area contributed by atoms with Crippen molar-refractivity contribution in [3.05, 3.63) is 82.9 Å². The summed E-state index contributed by atoms with van der Waals surface area (Å²) in [6, 6.07) is 21.8. The Balaban J connectivity index is 2.02. The van der Waals surface area contributed by atoms with Gasteiger partial charge in [0.15, 0.2) is 0 Å². The van der Waals surface area contributed by atoms with E-state index in [1.165, 1.54) is 27.3 Å². The Morgan fingerprint density at radius 3 is 2.10 bits per heavy atom. The zero-order valence-electron chi connectivity index (χ0n) is 19.9. The molecule has 0 saturated heterocycles. The third kappa shape index (κ3) is 5.97. The van der Waals surface area contributed by atoms with Gasteiger partial charge in [-0.05, 0) is 57.3 Å². The van der Waals surface area contributed by atoms with Crippen LogP contribution in [0.3, 0.4) is 0 Å². The molecule has 3 aromatic rings. The second kappa shape index (κ2) is 9.44. The number of hydrogen-bond acceptors (Lipinski definition) is 1. The second-order valence-electron chi connectivity index (χ2n) is 10.4. The van der Waals surface area contributed by atoms with E-state index in [9.17, 15) is 5.11 Å². The second-order valence-corrected chi connectivity index (χ2v) is 12.9. The van der Waals surface area contributed by atoms with Crippen molar-refractivity contribution in [2.24, 2.45) is 0 Å². The molecule has 2 atom stereocenters. The number of rotatable bonds is 5. The number of aromatic hydroxyl groups is 1. The molecule has 3 aromatic carbocycles. The predicted molar refractivity (Wildman–Crippen MR) is 142 cm³/mol. The van der Waals surface area contributed by atoms with E-state index < -0.39 is 0 Å². The van der Waals surface area contributed by atoms with Crippen molar-refractivity contribution in [3.8, 4) is 5.75 Å². The van der Waals surface area contributed by atoms with Crippen molar-refractivity contribution in [3.63, 3.8) is 0 Å². The van der Waals surface area contributed by atoms with E-state index in [0.29, 0.717) is 14.3 Å². The molecule has 1 N–H and O–H groups in total. The molecule has 0 radical (unpaired) electrons. The summed E-state index contributed by atoms with van der Waals surface area (Å²) in [6.45, 7) is 15.5. The Labute approximate surface area is 192 Å². The van der Waals surface area contributed by atoms with Gasteiger partial charge in [-0.25, -0.2) is 0 Å². The molecule has 0 spiro atoms. The van der Waals surface area contributed by atoms with Gasteiger partial charge in [0.1, 0.15) is 5.75 Å². The first-order chi connectivity index (χ1) is 14.5. The highest BCUT2D eigenvalue weighted by Gasteiger charge is 2.25. The Bertz CT molecular complexity index is 1040. The molecule has 31 heavy (non-hydrogen) atoms. The van der Waals surface area contributed by atoms with Crippen LogP contribution < -0.4 is 15.9 Å². The maximum Gasteiger partial charge on any atom is 0.127 e. The Hall–Kier alpha value is -1.68. The van der Waals surface area contributed by atoms with Crippen LogP contribution in [-0.2, 0) is 17.0 Å². The van der Waals surface area contributed by atoms with Crippen LogP contribution in [0.1, 0.15) is 63.8 Å². The van der Waals surface area contributed by atoms with Crippen molar-refractivity contribution in [2.45, 2.75) is 65.5 Å². The average Bonchev–Trinajstić information content (AvgIpc) is 2.68. The van der Waals surface area contributed by atoms with Crippen molar-refractivity contribution in [1.82, 2.24) is 0 Å². The molecule has 164 valence electrons. The van der Waals surface area contributed by atoms with E-state index >= 15 is 0 Å². The van der Waals surface area contributed by atoms with Crippen LogP contribution in [0.2, 0.25) is 0 Å². The van der Waals surface area contributed by atoms with Crippen LogP contribution in [0.25, 0.3) is 0 Å². The smallest absolute Gasteiger partial charge is 0.127 e. The molecule has 0 amide bonds. The highest BCUT2D eigenvalue weighted by atomic mass is 31.1. The van der Waals surface area contributed by atoms with Crippen LogP contribution in [-0.4, -0.2) is 5.11 Å². The highest BCUT2D eigenvalue weighted by molar-refractivity contribution is 7.56. The van der Waals surface area contributed by atoms with Gasteiger partial charge in [-0.2, -0.15) is 0 Å². The monoisotopic (exact) mass is 450 g/mol. The lowest BCUT2D eigenvalue weighted by atomic mass is 9.80. The summed E-state index contributed by atoms with van der Waals surface area (Å²) in [5.74, 6) is 0.471. The van der Waals surface area contributed by atoms with Gasteiger partial charge in [-0.1, -0.05) is 113 Å². The molecule has 3 heteroatoms. The number of aryl methyl sites for hydroxylation is 1. The molecule has 0 aromatic heterocycles. The summed E-state index contributed by atoms with van der Waals surface area (Å²) in [5.41, 5.74) is 4.98. The van der Waals surface area contributed by atoms with Crippen molar-refractivity contribution in [2.75, 3.05) is 0 Å². The fourth-order valence-electron chi connectivity index (χ4n) is 3.68. The Morgan fingerprint density at radius 1 is 0.806 bits per heavy atom. The van der Waals surface area contributed by atoms with Gasteiger partial charge in [0.2, 0.25) is 0 Å². The molecule has 3 rings (SSSR count). The molecular formula is C28H36OP2. The largest absolute Gasteiger partial charge is 0.507 e. The third-order valence-corrected chi connectivity index (χ3v) is 8.57. The molecule has 0 saturated carbocycles. The molecule has 0 aliphatic rings. The van der Waals surface area contributed by atoms with Gasteiger partial charge in [0, 0.05) is 10.9 Å². The quantitative estimate of drug-likeness (QED) is 0.444. The first kappa shape index (κ1) is 24.0. The minimum Gasteiger partial charge on any atom is -0.507 e. The zero-order valence-corrected chi connectivity index (χ0v) is 21.9. The summed E-state index contributed by atoms with van der Waals surface area (Å²) < 4.78 is 0. The van der Waals surface area contributed by atoms with Gasteiger partial charge < -0.3 is 5.11 Å². The number of hydrogen-bond donors (Lipinski definition) is 1. The van der Waals surface area contributed by atoms with Crippen molar-refractivity contribution >= 4 is 33.1 Å². The average molecular weight is 451 g/mol. The first-order valence-electron chi connectivity index (χ1n) is 11.0. The van der Waals surface area contributed by atoms with Crippen LogP contribution in [0.15, 0.2) is 60.7 Å². The summed E-state index contributed by atoms with van der Waals surface area (Å²) in [6.07, 6.45) is 1.04. The summed E-state index contributed by atoms with van der Waals surface area (Å²) in [7, 11) is 1.20. The van der Waals surface area contributed by atoms with E-state index in [-0.39, 0.29) is 10.8 Å². The first-order valence-corrected chi connectivity index (χ1v) is 13.2. The summed E-state index contributed by atoms with van der Waals surface area (Å²) in [4.78, 5) is 0. The third-order valence-electron chi connectivity index (χ3n) is 5.66. The van der Waals surface area contributed by atoms with E-state index in [0.717, 1.165) is 25.6 Å². The van der Waals surface area contributed by atoms with Crippen LogP contribution in [0.4, 0.5) is 0 Å². The topological polar surface area (TPSA) is 20.2 Å². The summed E-state index contributed by atoms with van der Waals surface area (Å²) in [5, 5.41) is 15.1. The van der Waals surface area contributed by atoms with Gasteiger partial charge in [-0.15, -0.1) is 0 Å². The SMILES string of the molecule is Cc1cccc(CPc2ccccc2)c1Pc1cc(C(C)(C)C)cc(C(C)(C)C)c1O. The van der Waals surface area contributed by atoms with Gasteiger partial charge in [-0.3, -0.25) is 0 Å². The lowest BCUT2D eigenvalue weighted by Gasteiger charge is -2.28. The normalized spacial score (nSPS) is 13.0. The van der Waals surface area contributed by atoms with E-state index in [1.807, 2.05) is 0 Å². The molecule has 0 bridgehead atoms.